The predicted molar refractivity (Wildman–Crippen MR) is 276 cm³/mol. The zero-order valence-electron chi connectivity index (χ0n) is 43.7. The number of aryl methyl sites for hydroxylation is 3. The number of unbranched alkanes of at least 4 members (excludes halogenated alkanes) is 3. The number of hydrogen-bond acceptors (Lipinski definition) is 6. The van der Waals surface area contributed by atoms with Crippen LogP contribution in [0.2, 0.25) is 0 Å². The van der Waals surface area contributed by atoms with Gasteiger partial charge >= 0.3 is 392 Å². The Labute approximate surface area is 390 Å². The molecule has 2 atom stereocenters. The average molecular weight is 927 g/mol. The second kappa shape index (κ2) is 19.8. The third-order valence-electron chi connectivity index (χ3n) is 11.9. The summed E-state index contributed by atoms with van der Waals surface area (Å²) in [5.74, 6) is 2.06. The fourth-order valence-electron chi connectivity index (χ4n) is 8.09. The van der Waals surface area contributed by atoms with Crippen molar-refractivity contribution >= 4 is 25.8 Å². The molecule has 6 nitrogen and oxygen atoms in total. The van der Waals surface area contributed by atoms with Gasteiger partial charge in [0.1, 0.15) is 0 Å². The van der Waals surface area contributed by atoms with E-state index in [1.165, 1.54) is 16.7 Å². The molecule has 3 aromatic carbocycles. The molecular weight excluding hydrogens is 838 g/mol. The summed E-state index contributed by atoms with van der Waals surface area (Å²) in [5, 5.41) is 0. The van der Waals surface area contributed by atoms with Crippen molar-refractivity contribution in [3.8, 4) is 17.2 Å². The van der Waals surface area contributed by atoms with Crippen molar-refractivity contribution in [3.63, 3.8) is 0 Å². The quantitative estimate of drug-likeness (QED) is 0.142. The summed E-state index contributed by atoms with van der Waals surface area (Å²) < 4.78 is 44.3. The summed E-state index contributed by atoms with van der Waals surface area (Å²) in [7, 11) is -6.31. The summed E-state index contributed by atoms with van der Waals surface area (Å²) >= 11 is 0. The molecule has 3 aromatic rings. The molecule has 1 aliphatic heterocycles. The van der Waals surface area contributed by atoms with Crippen LogP contribution in [-0.2, 0) is 64.7 Å². The molecule has 1 fully saturated rings. The van der Waals surface area contributed by atoms with E-state index in [2.05, 4.69) is 182 Å². The second-order valence-electron chi connectivity index (χ2n) is 24.3. The van der Waals surface area contributed by atoms with E-state index < -0.39 is 25.8 Å². The van der Waals surface area contributed by atoms with Crippen LogP contribution in [0.25, 0.3) is 0 Å². The molecule has 0 amide bonds. The molecular formula is C54H89O6P3. The third-order valence-corrected chi connectivity index (χ3v) is 17.0. The van der Waals surface area contributed by atoms with Crippen LogP contribution in [0.1, 0.15) is 234 Å². The molecule has 0 aromatic heterocycles. The van der Waals surface area contributed by atoms with Crippen molar-refractivity contribution in [3.05, 3.63) is 86.5 Å². The fraction of sp³-hybridized carbons (Fsp3) is 0.667. The van der Waals surface area contributed by atoms with E-state index in [0.717, 1.165) is 91.2 Å². The molecule has 9 heteroatoms. The van der Waals surface area contributed by atoms with Crippen LogP contribution < -0.4 is 13.6 Å². The van der Waals surface area contributed by atoms with Crippen LogP contribution in [0.3, 0.4) is 0 Å². The monoisotopic (exact) mass is 927 g/mol. The Morgan fingerprint density at radius 3 is 0.762 bits per heavy atom. The van der Waals surface area contributed by atoms with Crippen LogP contribution >= 0.6 is 25.8 Å². The predicted octanol–water partition coefficient (Wildman–Crippen LogP) is 18.2. The maximum atomic E-state index is 7.95. The molecule has 0 spiro atoms. The fourth-order valence-corrected chi connectivity index (χ4v) is 13.1. The summed E-state index contributed by atoms with van der Waals surface area (Å²) in [6, 6.07) is 14.0. The van der Waals surface area contributed by atoms with E-state index in [9.17, 15) is 0 Å². The Bertz CT molecular complexity index is 1700. The Hall–Kier alpha value is -1.77. The topological polar surface area (TPSA) is 55.4 Å². The molecule has 4 rings (SSSR count). The van der Waals surface area contributed by atoms with Gasteiger partial charge < -0.3 is 0 Å². The van der Waals surface area contributed by atoms with Gasteiger partial charge in [0, 0.05) is 0 Å². The Morgan fingerprint density at radius 1 is 0.381 bits per heavy atom. The van der Waals surface area contributed by atoms with E-state index in [0.29, 0.717) is 17.2 Å². The van der Waals surface area contributed by atoms with Gasteiger partial charge in [0.15, 0.2) is 0 Å². The standard InChI is InChI=1S/C54H89O6P3/c1-22-25-28-37-31-40(49(4,5)6)46(41(32-37)50(7,8)9)55-63(59-61-58-62-60-63,56-47-42(51(10,11)12)33-38(29-26-23-2)34-43(47)52(13,14)15)57-48-44(53(16,17)18)35-39(30-27-24-3)36-45(48)54(19,20)21/h31-36,61-62H,22-30H2,1-21H3. The van der Waals surface area contributed by atoms with Gasteiger partial charge in [0.2, 0.25) is 0 Å². The minimum absolute atomic E-state index is 0.329. The SMILES string of the molecule is CCCCc1cc(C(C)(C)C)c(OP2(Oc3c(C(C)(C)C)cc(CCCC)cc3C(C)(C)C)(Oc3c(C(C)(C)C)cc(CCCC)cc3C(C)(C)C)OPOPO2)c(C(C)(C)C)c1. The molecule has 0 aliphatic carbocycles. The van der Waals surface area contributed by atoms with Gasteiger partial charge in [0.05, 0.1) is 0 Å². The molecule has 1 saturated heterocycles. The number of rotatable bonds is 15. The first-order valence-corrected chi connectivity index (χ1v) is 27.4. The first-order chi connectivity index (χ1) is 28.8. The van der Waals surface area contributed by atoms with Crippen molar-refractivity contribution < 1.29 is 26.5 Å². The summed E-state index contributed by atoms with van der Waals surface area (Å²) in [6.45, 7) is 47.5. The van der Waals surface area contributed by atoms with Crippen LogP contribution in [0, 0.1) is 0 Å². The zero-order valence-corrected chi connectivity index (χ0v) is 46.6. The van der Waals surface area contributed by atoms with Crippen molar-refractivity contribution in [2.75, 3.05) is 0 Å². The first kappa shape index (κ1) is 53.8. The molecule has 2 unspecified atom stereocenters. The van der Waals surface area contributed by atoms with E-state index in [1.54, 1.807) is 0 Å². The molecule has 0 bridgehead atoms. The zero-order chi connectivity index (χ0) is 47.6. The van der Waals surface area contributed by atoms with Gasteiger partial charge in [-0.05, 0) is 0 Å². The van der Waals surface area contributed by atoms with Gasteiger partial charge in [-0.25, -0.2) is 0 Å². The molecule has 0 radical (unpaired) electrons. The van der Waals surface area contributed by atoms with Crippen LogP contribution in [-0.4, -0.2) is 0 Å². The van der Waals surface area contributed by atoms with Crippen LogP contribution in [0.15, 0.2) is 36.4 Å². The maximum absolute atomic E-state index is 7.95. The number of benzene rings is 3. The average Bonchev–Trinajstić information content (AvgIpc) is 3.14. The van der Waals surface area contributed by atoms with Crippen molar-refractivity contribution in [2.45, 2.75) is 236 Å². The molecule has 356 valence electrons. The Kier molecular flexibility index (Phi) is 16.9. The van der Waals surface area contributed by atoms with Gasteiger partial charge in [-0.2, -0.15) is 0 Å². The van der Waals surface area contributed by atoms with Gasteiger partial charge in [0.25, 0.3) is 0 Å². The second-order valence-corrected chi connectivity index (χ2v) is 29.0. The van der Waals surface area contributed by atoms with Crippen LogP contribution in [0.5, 0.6) is 17.2 Å². The first-order valence-electron chi connectivity index (χ1n) is 24.0. The Morgan fingerprint density at radius 2 is 0.587 bits per heavy atom. The number of hydrogen-bond donors (Lipinski definition) is 0. The Balaban J connectivity index is 2.34. The van der Waals surface area contributed by atoms with Crippen molar-refractivity contribution in [1.29, 1.82) is 0 Å². The van der Waals surface area contributed by atoms with Crippen LogP contribution in [0.4, 0.5) is 0 Å². The van der Waals surface area contributed by atoms with Crippen molar-refractivity contribution in [1.82, 2.24) is 0 Å². The van der Waals surface area contributed by atoms with E-state index in [-0.39, 0.29) is 32.5 Å². The van der Waals surface area contributed by atoms with Crippen molar-refractivity contribution in [2.24, 2.45) is 0 Å². The molecule has 1 aliphatic rings. The van der Waals surface area contributed by atoms with Gasteiger partial charge in [-0.3, -0.25) is 0 Å². The molecule has 0 saturated carbocycles. The summed E-state index contributed by atoms with van der Waals surface area (Å²) in [5.41, 5.74) is 8.28. The molecule has 0 N–H and O–H groups in total. The van der Waals surface area contributed by atoms with E-state index in [1.807, 2.05) is 0 Å². The summed E-state index contributed by atoms with van der Waals surface area (Å²) in [6.07, 6.45) is 9.58. The third kappa shape index (κ3) is 13.2. The van der Waals surface area contributed by atoms with E-state index in [4.69, 9.17) is 26.5 Å². The van der Waals surface area contributed by atoms with Gasteiger partial charge in [-0.15, -0.1) is 0 Å². The molecule has 63 heavy (non-hydrogen) atoms. The minimum atomic E-state index is -5.39. The summed E-state index contributed by atoms with van der Waals surface area (Å²) in [4.78, 5) is 0. The molecule has 1 heterocycles. The van der Waals surface area contributed by atoms with Gasteiger partial charge in [-0.1, -0.05) is 0 Å². The normalized spacial score (nSPS) is 17.7. The van der Waals surface area contributed by atoms with E-state index >= 15 is 0 Å².